The first-order valence-electron chi connectivity index (χ1n) is 5.10. The van der Waals surface area contributed by atoms with E-state index in [-0.39, 0.29) is 0 Å². The van der Waals surface area contributed by atoms with Crippen LogP contribution in [0.1, 0.15) is 11.4 Å². The second-order valence-electron chi connectivity index (χ2n) is 3.49. The minimum atomic E-state index is 0.757. The summed E-state index contributed by atoms with van der Waals surface area (Å²) in [5.41, 5.74) is 1.18. The summed E-state index contributed by atoms with van der Waals surface area (Å²) < 4.78 is 5.13. The molecule has 0 amide bonds. The Morgan fingerprint density at radius 2 is 2.29 bits per heavy atom. The lowest BCUT2D eigenvalue weighted by atomic mass is 10.2. The Kier molecular flexibility index (Phi) is 4.39. The molecule has 0 aliphatic heterocycles. The highest BCUT2D eigenvalue weighted by molar-refractivity contribution is 8.01. The van der Waals surface area contributed by atoms with Crippen molar-refractivity contribution in [3.63, 3.8) is 0 Å². The van der Waals surface area contributed by atoms with E-state index in [1.165, 1.54) is 22.0 Å². The molecule has 1 aromatic heterocycles. The van der Waals surface area contributed by atoms with Crippen molar-refractivity contribution in [1.82, 2.24) is 14.7 Å². The van der Waals surface area contributed by atoms with Crippen molar-refractivity contribution in [2.24, 2.45) is 0 Å². The van der Waals surface area contributed by atoms with Gasteiger partial charge in [-0.05, 0) is 49.3 Å². The smallest absolute Gasteiger partial charge is 0.174 e. The van der Waals surface area contributed by atoms with Gasteiger partial charge in [-0.25, -0.2) is 4.98 Å². The Morgan fingerprint density at radius 3 is 2.94 bits per heavy atom. The number of aromatic nitrogens is 2. The van der Waals surface area contributed by atoms with Gasteiger partial charge < -0.3 is 5.32 Å². The first-order chi connectivity index (χ1) is 8.19. The second kappa shape index (κ2) is 5.82. The minimum Gasteiger partial charge on any atom is -0.316 e. The molecule has 0 unspecified atom stereocenters. The normalized spacial score (nSPS) is 10.8. The molecule has 0 aliphatic carbocycles. The summed E-state index contributed by atoms with van der Waals surface area (Å²) in [6.45, 7) is 2.69. The number of nitrogens with zero attached hydrogens (tertiary/aromatic N) is 2. The maximum atomic E-state index is 6.00. The van der Waals surface area contributed by atoms with Crippen molar-refractivity contribution in [2.75, 3.05) is 7.05 Å². The molecule has 0 saturated carbocycles. The molecule has 6 heteroatoms. The van der Waals surface area contributed by atoms with E-state index in [0.29, 0.717) is 0 Å². The quantitative estimate of drug-likeness (QED) is 0.935. The topological polar surface area (TPSA) is 37.8 Å². The van der Waals surface area contributed by atoms with Crippen molar-refractivity contribution in [3.05, 3.63) is 34.6 Å². The summed E-state index contributed by atoms with van der Waals surface area (Å²) in [5.74, 6) is 0.821. The van der Waals surface area contributed by atoms with Gasteiger partial charge in [0.05, 0.1) is 0 Å². The van der Waals surface area contributed by atoms with Crippen LogP contribution in [-0.4, -0.2) is 16.4 Å². The molecule has 0 radical (unpaired) electrons. The number of aryl methyl sites for hydroxylation is 1. The van der Waals surface area contributed by atoms with Crippen LogP contribution in [-0.2, 0) is 6.54 Å². The molecule has 0 fully saturated rings. The predicted octanol–water partition coefficient (Wildman–Crippen LogP) is 3.37. The molecule has 0 aliphatic rings. The van der Waals surface area contributed by atoms with Crippen LogP contribution in [0.15, 0.2) is 27.4 Å². The highest BCUT2D eigenvalue weighted by Gasteiger charge is 2.08. The van der Waals surface area contributed by atoms with Crippen LogP contribution in [0.3, 0.4) is 0 Å². The van der Waals surface area contributed by atoms with Gasteiger partial charge in [0.15, 0.2) is 4.34 Å². The van der Waals surface area contributed by atoms with Crippen molar-refractivity contribution in [1.29, 1.82) is 0 Å². The molecule has 2 aromatic rings. The lowest BCUT2D eigenvalue weighted by Gasteiger charge is -2.07. The molecule has 0 bridgehead atoms. The SMILES string of the molecule is CNCc1cc(Cl)ccc1Sc1nc(C)ns1. The Labute approximate surface area is 114 Å². The van der Waals surface area contributed by atoms with Crippen LogP contribution in [0, 0.1) is 6.92 Å². The molecule has 0 atom stereocenters. The van der Waals surface area contributed by atoms with Gasteiger partial charge in [-0.15, -0.1) is 0 Å². The van der Waals surface area contributed by atoms with Crippen LogP contribution in [0.25, 0.3) is 0 Å². The first kappa shape index (κ1) is 12.8. The molecule has 90 valence electrons. The lowest BCUT2D eigenvalue weighted by molar-refractivity contribution is 0.803. The van der Waals surface area contributed by atoms with Crippen LogP contribution in [0.5, 0.6) is 0 Å². The third kappa shape index (κ3) is 3.42. The molecule has 3 nitrogen and oxygen atoms in total. The van der Waals surface area contributed by atoms with Crippen LogP contribution in [0.4, 0.5) is 0 Å². The highest BCUT2D eigenvalue weighted by Crippen LogP contribution is 2.32. The molecule has 1 N–H and O–H groups in total. The fraction of sp³-hybridized carbons (Fsp3) is 0.273. The van der Waals surface area contributed by atoms with Gasteiger partial charge in [0, 0.05) is 16.5 Å². The average Bonchev–Trinajstić information content (AvgIpc) is 2.69. The van der Waals surface area contributed by atoms with E-state index in [1.54, 1.807) is 11.8 Å². The Balaban J connectivity index is 2.25. The number of benzene rings is 1. The van der Waals surface area contributed by atoms with E-state index in [0.717, 1.165) is 21.7 Å². The van der Waals surface area contributed by atoms with E-state index in [1.807, 2.05) is 32.2 Å². The Hall–Kier alpha value is -0.620. The maximum absolute atomic E-state index is 6.00. The zero-order chi connectivity index (χ0) is 12.3. The van der Waals surface area contributed by atoms with E-state index in [9.17, 15) is 0 Å². The van der Waals surface area contributed by atoms with Crippen LogP contribution >= 0.6 is 34.9 Å². The largest absolute Gasteiger partial charge is 0.316 e. The Morgan fingerprint density at radius 1 is 1.47 bits per heavy atom. The van der Waals surface area contributed by atoms with Crippen molar-refractivity contribution in [2.45, 2.75) is 22.7 Å². The van der Waals surface area contributed by atoms with Gasteiger partial charge in [-0.2, -0.15) is 4.37 Å². The van der Waals surface area contributed by atoms with Gasteiger partial charge in [0.25, 0.3) is 0 Å². The number of halogens is 1. The van der Waals surface area contributed by atoms with Crippen molar-refractivity contribution < 1.29 is 0 Å². The molecule has 0 saturated heterocycles. The van der Waals surface area contributed by atoms with Gasteiger partial charge >= 0.3 is 0 Å². The third-order valence-corrected chi connectivity index (χ3v) is 4.29. The number of nitrogens with one attached hydrogen (secondary N) is 1. The molecular weight excluding hydrogens is 274 g/mol. The van der Waals surface area contributed by atoms with Crippen LogP contribution < -0.4 is 5.32 Å². The lowest BCUT2D eigenvalue weighted by Crippen LogP contribution is -2.06. The fourth-order valence-corrected chi connectivity index (χ4v) is 3.30. The predicted molar refractivity (Wildman–Crippen MR) is 73.0 cm³/mol. The first-order valence-corrected chi connectivity index (χ1v) is 7.07. The number of hydrogen-bond donors (Lipinski definition) is 1. The summed E-state index contributed by atoms with van der Waals surface area (Å²) in [5, 5.41) is 3.90. The monoisotopic (exact) mass is 285 g/mol. The molecule has 0 spiro atoms. The number of rotatable bonds is 4. The summed E-state index contributed by atoms with van der Waals surface area (Å²) in [6, 6.07) is 5.90. The van der Waals surface area contributed by atoms with Crippen molar-refractivity contribution >= 4 is 34.9 Å². The van der Waals surface area contributed by atoms with E-state index in [4.69, 9.17) is 11.6 Å². The molecule has 2 rings (SSSR count). The second-order valence-corrected chi connectivity index (χ2v) is 5.97. The summed E-state index contributed by atoms with van der Waals surface area (Å²) in [7, 11) is 1.92. The van der Waals surface area contributed by atoms with Crippen molar-refractivity contribution in [3.8, 4) is 0 Å². The molecular formula is C11H12ClN3S2. The zero-order valence-corrected chi connectivity index (χ0v) is 11.9. The highest BCUT2D eigenvalue weighted by atomic mass is 35.5. The van der Waals surface area contributed by atoms with E-state index in [2.05, 4.69) is 14.7 Å². The zero-order valence-electron chi connectivity index (χ0n) is 9.53. The molecule has 1 aromatic carbocycles. The maximum Gasteiger partial charge on any atom is 0.174 e. The fourth-order valence-electron chi connectivity index (χ4n) is 1.39. The third-order valence-electron chi connectivity index (χ3n) is 2.10. The summed E-state index contributed by atoms with van der Waals surface area (Å²) in [6.07, 6.45) is 0. The minimum absolute atomic E-state index is 0.757. The number of hydrogen-bond acceptors (Lipinski definition) is 5. The van der Waals surface area contributed by atoms with Gasteiger partial charge in [-0.1, -0.05) is 23.4 Å². The molecule has 17 heavy (non-hydrogen) atoms. The van der Waals surface area contributed by atoms with Gasteiger partial charge in [-0.3, -0.25) is 0 Å². The van der Waals surface area contributed by atoms with Gasteiger partial charge in [0.1, 0.15) is 5.82 Å². The molecule has 1 heterocycles. The van der Waals surface area contributed by atoms with E-state index >= 15 is 0 Å². The average molecular weight is 286 g/mol. The Bertz CT molecular complexity index is 513. The van der Waals surface area contributed by atoms with E-state index < -0.39 is 0 Å². The summed E-state index contributed by atoms with van der Waals surface area (Å²) >= 11 is 9.05. The summed E-state index contributed by atoms with van der Waals surface area (Å²) in [4.78, 5) is 5.51. The van der Waals surface area contributed by atoms with Crippen LogP contribution in [0.2, 0.25) is 5.02 Å². The standard InChI is InChI=1S/C11H12ClN3S2/c1-7-14-11(17-15-7)16-10-4-3-9(12)5-8(10)6-13-2/h3-5,13H,6H2,1-2H3. The van der Waals surface area contributed by atoms with Gasteiger partial charge in [0.2, 0.25) is 0 Å².